The molecule has 16 rings (SSSR count). The third kappa shape index (κ3) is 20.5. The van der Waals surface area contributed by atoms with Crippen molar-refractivity contribution in [3.8, 4) is 11.5 Å². The summed E-state index contributed by atoms with van der Waals surface area (Å²) in [4.78, 5) is 71.9. The van der Waals surface area contributed by atoms with E-state index in [0.717, 1.165) is 117 Å². The van der Waals surface area contributed by atoms with Crippen molar-refractivity contribution in [2.45, 2.75) is 158 Å². The molecule has 16 aromatic rings. The fourth-order valence-corrected chi connectivity index (χ4v) is 12.1. The number of hydrogen-bond acceptors (Lipinski definition) is 20. The molecule has 21 nitrogen and oxygen atoms in total. The van der Waals surface area contributed by atoms with E-state index in [0.29, 0.717) is 47.3 Å². The lowest BCUT2D eigenvalue weighted by molar-refractivity contribution is 0.415. The summed E-state index contributed by atoms with van der Waals surface area (Å²) in [7, 11) is 5.21. The van der Waals surface area contributed by atoms with Gasteiger partial charge in [-0.05, 0) is 125 Å². The average molecular weight is 1440 g/mol. The number of methoxy groups -OCH3 is 2. The minimum Gasteiger partial charge on any atom is -0.497 e. The third-order valence-corrected chi connectivity index (χ3v) is 17.5. The molecule has 0 aliphatic heterocycles. The lowest BCUT2D eigenvalue weighted by Gasteiger charge is -2.09. The molecule has 0 spiro atoms. The van der Waals surface area contributed by atoms with Gasteiger partial charge in [-0.2, -0.15) is 5.10 Å². The molecule has 0 fully saturated rings. The lowest BCUT2D eigenvalue weighted by Crippen LogP contribution is -1.97. The van der Waals surface area contributed by atoms with Gasteiger partial charge in [0.1, 0.15) is 60.5 Å². The zero-order valence-electron chi connectivity index (χ0n) is 65.6. The number of aryl methyl sites for hydroxylation is 1. The van der Waals surface area contributed by atoms with E-state index in [1.165, 1.54) is 27.4 Å². The number of nitrogens with zero attached hydrogens (tertiary/aromatic N) is 19. The fourth-order valence-electron chi connectivity index (χ4n) is 12.1. The average Bonchev–Trinajstić information content (AvgIpc) is 1.57. The van der Waals surface area contributed by atoms with E-state index in [2.05, 4.69) is 255 Å². The minimum atomic E-state index is 0.389. The summed E-state index contributed by atoms with van der Waals surface area (Å²) in [6.07, 6.45) is 22.2. The number of benzene rings is 4. The van der Waals surface area contributed by atoms with Crippen molar-refractivity contribution >= 4 is 87.5 Å². The molecule has 0 N–H and O–H groups in total. The van der Waals surface area contributed by atoms with Gasteiger partial charge >= 0.3 is 0 Å². The van der Waals surface area contributed by atoms with E-state index in [9.17, 15) is 0 Å². The monoisotopic (exact) mass is 1440 g/mol. The largest absolute Gasteiger partial charge is 0.497 e. The van der Waals surface area contributed by atoms with Crippen molar-refractivity contribution in [3.05, 3.63) is 254 Å². The Labute approximate surface area is 633 Å². The van der Waals surface area contributed by atoms with Crippen LogP contribution in [0.2, 0.25) is 0 Å². The second-order valence-electron chi connectivity index (χ2n) is 28.0. The molecule has 21 heteroatoms. The van der Waals surface area contributed by atoms with Crippen LogP contribution in [-0.2, 0) is 7.05 Å². The highest BCUT2D eigenvalue weighted by Gasteiger charge is 2.15. The molecule has 0 saturated heterocycles. The van der Waals surface area contributed by atoms with Crippen LogP contribution in [0, 0.1) is 0 Å². The van der Waals surface area contributed by atoms with Gasteiger partial charge in [0.05, 0.1) is 93.9 Å². The Morgan fingerprint density at radius 2 is 0.806 bits per heavy atom. The first-order valence-electron chi connectivity index (χ1n) is 36.6. The van der Waals surface area contributed by atoms with E-state index < -0.39 is 0 Å². The molecule has 12 aromatic heterocycles. The Hall–Kier alpha value is -12.0. The molecular weight excluding hydrogens is 1340 g/mol. The molecule has 0 saturated carbocycles. The molecule has 554 valence electrons. The molecular formula is C87H99N19O2. The van der Waals surface area contributed by atoms with Crippen LogP contribution in [0.25, 0.3) is 87.5 Å². The minimum absolute atomic E-state index is 0.389. The van der Waals surface area contributed by atoms with E-state index >= 15 is 0 Å². The first-order chi connectivity index (χ1) is 52.1. The van der Waals surface area contributed by atoms with Crippen LogP contribution >= 0.6 is 0 Å². The van der Waals surface area contributed by atoms with Crippen molar-refractivity contribution in [1.82, 2.24) is 94.5 Å². The Kier molecular flexibility index (Phi) is 28.8. The van der Waals surface area contributed by atoms with Crippen molar-refractivity contribution in [2.75, 3.05) is 14.2 Å². The van der Waals surface area contributed by atoms with Crippen molar-refractivity contribution in [3.63, 3.8) is 0 Å². The number of pyridine rings is 5. The maximum absolute atomic E-state index is 5.27. The Bertz CT molecular complexity index is 5040. The highest BCUT2D eigenvalue weighted by molar-refractivity contribution is 5.88. The SMILES string of the molecule is CC(C)c1ccnc2ccccc12.CC(C)c1nccc2ccccc12.CC(C)c1ncnc2c1cnn2C.CC(C)c1ncnc2cccnc12.CC(C)c1ncnc2cnccc12.CC(C)c1ncnc2ncccc12.COc1ccc2c(C(C)C)ncnc2c1.COc1cccc2c(C(C)C)ncnc12. The number of para-hydroxylation sites is 2. The number of aromatic nitrogens is 19. The van der Waals surface area contributed by atoms with Gasteiger partial charge in [-0.3, -0.25) is 24.6 Å². The summed E-state index contributed by atoms with van der Waals surface area (Å²) < 4.78 is 12.2. The molecule has 108 heavy (non-hydrogen) atoms. The summed E-state index contributed by atoms with van der Waals surface area (Å²) in [6, 6.07) is 42.4. The fraction of sp³-hybridized carbons (Fsp3) is 0.310. The van der Waals surface area contributed by atoms with Crippen molar-refractivity contribution in [2.24, 2.45) is 7.05 Å². The van der Waals surface area contributed by atoms with E-state index in [1.54, 1.807) is 81.7 Å². The molecule has 0 amide bonds. The van der Waals surface area contributed by atoms with Gasteiger partial charge in [0.25, 0.3) is 0 Å². The molecule has 4 aromatic carbocycles. The van der Waals surface area contributed by atoms with Gasteiger partial charge in [-0.1, -0.05) is 165 Å². The Morgan fingerprint density at radius 3 is 1.46 bits per heavy atom. The second-order valence-corrected chi connectivity index (χ2v) is 28.0. The molecule has 0 aliphatic rings. The number of fused-ring (bicyclic) bond motifs is 8. The predicted octanol–water partition coefficient (Wildman–Crippen LogP) is 20.2. The first kappa shape index (κ1) is 80.1. The van der Waals surface area contributed by atoms with Crippen LogP contribution in [0.4, 0.5) is 0 Å². The molecule has 12 heterocycles. The Morgan fingerprint density at radius 1 is 0.296 bits per heavy atom. The highest BCUT2D eigenvalue weighted by Crippen LogP contribution is 2.31. The van der Waals surface area contributed by atoms with Crippen LogP contribution < -0.4 is 9.47 Å². The number of hydrogen-bond donors (Lipinski definition) is 0. The number of rotatable bonds is 10. The summed E-state index contributed by atoms with van der Waals surface area (Å²) >= 11 is 0. The van der Waals surface area contributed by atoms with E-state index in [4.69, 9.17) is 9.47 Å². The topological polar surface area (TPSA) is 255 Å². The van der Waals surface area contributed by atoms with Gasteiger partial charge in [0.2, 0.25) is 0 Å². The standard InChI is InChI=1S/2C12H14N2O.2C12H13N.3C10H11N3.C9H12N4/c1-8(2)12-10-5-4-9(15-3)6-11(10)13-7-14-12;1-8(2)11-9-5-4-6-10(15-3)12(9)14-7-13-11;1-9(2)10-7-8-13-12-6-4-3-5-11(10)12;1-9(2)12-11-6-4-3-5-10(11)7-8-13-12;1-7(2)10-8-3-4-11-5-9(8)12-6-13-10;1-7(2)9-10-8(12-6-13-9)4-3-5-11-10;1-7(2)9-8-4-3-5-11-10(8)13-6-12-9;1-6(2)8-7-4-12-13(3)9(7)11-5-10-8/h2*4-8H,1-3H3;2*3-9H,1-2H3;3*3-7H,1-2H3;4-6H,1-3H3. The summed E-state index contributed by atoms with van der Waals surface area (Å²) in [5.41, 5.74) is 16.3. The zero-order chi connectivity index (χ0) is 77.4. The lowest BCUT2D eigenvalue weighted by atomic mass is 9.99. The van der Waals surface area contributed by atoms with Gasteiger partial charge in [-0.25, -0.2) is 64.8 Å². The molecule has 0 bridgehead atoms. The highest BCUT2D eigenvalue weighted by atomic mass is 16.5. The van der Waals surface area contributed by atoms with Crippen LogP contribution in [-0.4, -0.2) is 109 Å². The van der Waals surface area contributed by atoms with Crippen molar-refractivity contribution in [1.29, 1.82) is 0 Å². The smallest absolute Gasteiger partial charge is 0.162 e. The van der Waals surface area contributed by atoms with Crippen LogP contribution in [0.5, 0.6) is 11.5 Å². The van der Waals surface area contributed by atoms with Crippen molar-refractivity contribution < 1.29 is 9.47 Å². The zero-order valence-corrected chi connectivity index (χ0v) is 65.6. The van der Waals surface area contributed by atoms with Crippen LogP contribution in [0.3, 0.4) is 0 Å². The number of ether oxygens (including phenoxy) is 2. The van der Waals surface area contributed by atoms with Gasteiger partial charge in [0, 0.05) is 76.4 Å². The second kappa shape index (κ2) is 38.8. The van der Waals surface area contributed by atoms with Gasteiger partial charge in [0.15, 0.2) is 11.3 Å². The molecule has 0 radical (unpaired) electrons. The first-order valence-corrected chi connectivity index (χ1v) is 36.6. The van der Waals surface area contributed by atoms with Crippen LogP contribution in [0.15, 0.2) is 209 Å². The van der Waals surface area contributed by atoms with E-state index in [-0.39, 0.29) is 0 Å². The molecule has 0 unspecified atom stereocenters. The maximum Gasteiger partial charge on any atom is 0.162 e. The normalized spacial score (nSPS) is 11.0. The molecule has 0 aliphatic carbocycles. The maximum atomic E-state index is 5.27. The Balaban J connectivity index is 0.000000142. The summed E-state index contributed by atoms with van der Waals surface area (Å²) in [6.45, 7) is 34.2. The van der Waals surface area contributed by atoms with Gasteiger partial charge < -0.3 is 9.47 Å². The molecule has 0 atom stereocenters. The quantitative estimate of drug-likeness (QED) is 0.123. The summed E-state index contributed by atoms with van der Waals surface area (Å²) in [5.74, 6) is 5.12. The summed E-state index contributed by atoms with van der Waals surface area (Å²) in [5, 5.41) is 13.4. The third-order valence-electron chi connectivity index (χ3n) is 17.5. The van der Waals surface area contributed by atoms with E-state index in [1.807, 2.05) is 98.4 Å². The van der Waals surface area contributed by atoms with Gasteiger partial charge in [-0.15, -0.1) is 0 Å². The van der Waals surface area contributed by atoms with Crippen LogP contribution in [0.1, 0.15) is 204 Å². The predicted molar refractivity (Wildman–Crippen MR) is 437 cm³/mol.